The average molecular weight is 325 g/mol. The third kappa shape index (κ3) is 3.50. The van der Waals surface area contributed by atoms with Crippen LogP contribution >= 0.6 is 0 Å². The van der Waals surface area contributed by atoms with E-state index in [0.29, 0.717) is 30.9 Å². The first-order valence-corrected chi connectivity index (χ1v) is 9.29. The fourth-order valence-corrected chi connectivity index (χ4v) is 3.53. The van der Waals surface area contributed by atoms with Crippen molar-refractivity contribution < 1.29 is 17.9 Å². The van der Waals surface area contributed by atoms with Gasteiger partial charge in [-0.1, -0.05) is 6.92 Å². The van der Waals surface area contributed by atoms with E-state index in [0.717, 1.165) is 6.42 Å². The van der Waals surface area contributed by atoms with Gasteiger partial charge >= 0.3 is 0 Å². The quantitative estimate of drug-likeness (QED) is 0.795. The van der Waals surface area contributed by atoms with Crippen LogP contribution in [0.4, 0.5) is 5.69 Å². The van der Waals surface area contributed by atoms with Gasteiger partial charge in [0.05, 0.1) is 22.8 Å². The Labute approximate surface area is 132 Å². The number of anilines is 1. The van der Waals surface area contributed by atoms with Gasteiger partial charge in [-0.25, -0.2) is 8.42 Å². The summed E-state index contributed by atoms with van der Waals surface area (Å²) in [6.45, 7) is 7.31. The summed E-state index contributed by atoms with van der Waals surface area (Å²) < 4.78 is 29.9. The molecule has 1 heterocycles. The summed E-state index contributed by atoms with van der Waals surface area (Å²) in [6, 6.07) is 4.78. The molecular formula is C16H23NO4S. The maximum atomic E-state index is 12.1. The summed E-state index contributed by atoms with van der Waals surface area (Å²) in [5.41, 5.74) is 0.810. The van der Waals surface area contributed by atoms with Gasteiger partial charge in [0.2, 0.25) is 0 Å². The minimum absolute atomic E-state index is 0.0761. The minimum Gasteiger partial charge on any atom is -0.372 e. The molecule has 0 aromatic heterocycles. The van der Waals surface area contributed by atoms with Crippen LogP contribution in [-0.2, 0) is 14.6 Å². The maximum absolute atomic E-state index is 12.1. The number of ether oxygens (including phenoxy) is 1. The second-order valence-corrected chi connectivity index (χ2v) is 8.07. The molecule has 0 amide bonds. The first-order chi connectivity index (χ1) is 10.2. The molecule has 1 unspecified atom stereocenters. The van der Waals surface area contributed by atoms with Crippen LogP contribution < -0.4 is 4.90 Å². The molecule has 1 aliphatic rings. The van der Waals surface area contributed by atoms with Crippen LogP contribution in [0.2, 0.25) is 0 Å². The molecule has 1 saturated heterocycles. The van der Waals surface area contributed by atoms with Crippen molar-refractivity contribution in [3.05, 3.63) is 23.8 Å². The van der Waals surface area contributed by atoms with E-state index in [9.17, 15) is 13.2 Å². The number of sulfone groups is 1. The highest BCUT2D eigenvalue weighted by atomic mass is 32.2. The molecule has 0 radical (unpaired) electrons. The molecule has 1 aromatic carbocycles. The lowest BCUT2D eigenvalue weighted by Crippen LogP contribution is -2.50. The van der Waals surface area contributed by atoms with Gasteiger partial charge in [0.25, 0.3) is 0 Å². The molecule has 122 valence electrons. The largest absolute Gasteiger partial charge is 0.372 e. The summed E-state index contributed by atoms with van der Waals surface area (Å²) >= 11 is 0. The standard InChI is InChI=1S/C16H23NO4S/c1-5-16(3)11-17(8-9-21-16)14-10-13(12(2)18)6-7-15(14)22(4,19)20/h6-7,10H,5,8-9,11H2,1-4H3. The third-order valence-electron chi connectivity index (χ3n) is 4.19. The van der Waals surface area contributed by atoms with Crippen LogP contribution in [0.25, 0.3) is 0 Å². The highest BCUT2D eigenvalue weighted by Gasteiger charge is 2.32. The maximum Gasteiger partial charge on any atom is 0.177 e. The number of rotatable bonds is 4. The first-order valence-electron chi connectivity index (χ1n) is 7.40. The highest BCUT2D eigenvalue weighted by molar-refractivity contribution is 7.90. The Bertz CT molecular complexity index is 683. The molecule has 5 nitrogen and oxygen atoms in total. The Morgan fingerprint density at radius 3 is 2.64 bits per heavy atom. The van der Waals surface area contributed by atoms with E-state index in [2.05, 4.69) is 0 Å². The number of morpholine rings is 1. The highest BCUT2D eigenvalue weighted by Crippen LogP contribution is 2.31. The number of Topliss-reactive ketones (excluding diaryl/α,β-unsaturated/α-hetero) is 1. The monoisotopic (exact) mass is 325 g/mol. The summed E-state index contributed by atoms with van der Waals surface area (Å²) in [4.78, 5) is 13.9. The third-order valence-corrected chi connectivity index (χ3v) is 5.33. The Balaban J connectivity index is 2.51. The van der Waals surface area contributed by atoms with Crippen LogP contribution in [0.15, 0.2) is 23.1 Å². The van der Waals surface area contributed by atoms with E-state index in [4.69, 9.17) is 4.74 Å². The summed E-state index contributed by atoms with van der Waals surface area (Å²) in [7, 11) is -3.36. The molecule has 0 aliphatic carbocycles. The smallest absolute Gasteiger partial charge is 0.177 e. The zero-order valence-electron chi connectivity index (χ0n) is 13.5. The molecule has 22 heavy (non-hydrogen) atoms. The van der Waals surface area contributed by atoms with Crippen molar-refractivity contribution in [1.82, 2.24) is 0 Å². The van der Waals surface area contributed by atoms with Gasteiger partial charge in [-0.05, 0) is 38.5 Å². The van der Waals surface area contributed by atoms with Gasteiger partial charge in [-0.2, -0.15) is 0 Å². The Hall–Kier alpha value is -1.40. The van der Waals surface area contributed by atoms with E-state index >= 15 is 0 Å². The zero-order valence-corrected chi connectivity index (χ0v) is 14.4. The van der Waals surface area contributed by atoms with Gasteiger partial charge in [0, 0.05) is 24.9 Å². The zero-order chi connectivity index (χ0) is 16.5. The molecule has 1 fully saturated rings. The fraction of sp³-hybridized carbons (Fsp3) is 0.562. The lowest BCUT2D eigenvalue weighted by molar-refractivity contribution is -0.0442. The molecule has 0 bridgehead atoms. The predicted molar refractivity (Wildman–Crippen MR) is 86.4 cm³/mol. The van der Waals surface area contributed by atoms with E-state index in [1.807, 2.05) is 18.7 Å². The van der Waals surface area contributed by atoms with Crippen LogP contribution in [0.1, 0.15) is 37.6 Å². The SMILES string of the molecule is CCC1(C)CN(c2cc(C(C)=O)ccc2S(C)(=O)=O)CCO1. The number of nitrogens with zero attached hydrogens (tertiary/aromatic N) is 1. The molecule has 2 rings (SSSR count). The number of benzene rings is 1. The molecule has 1 aliphatic heterocycles. The Morgan fingerprint density at radius 2 is 2.09 bits per heavy atom. The number of carbonyl (C=O) groups excluding carboxylic acids is 1. The van der Waals surface area contributed by atoms with Crippen molar-refractivity contribution in [2.24, 2.45) is 0 Å². The van der Waals surface area contributed by atoms with Gasteiger partial charge in [-0.15, -0.1) is 0 Å². The van der Waals surface area contributed by atoms with Crippen molar-refractivity contribution >= 4 is 21.3 Å². The fourth-order valence-electron chi connectivity index (χ4n) is 2.65. The topological polar surface area (TPSA) is 63.7 Å². The molecule has 0 spiro atoms. The molecule has 6 heteroatoms. The lowest BCUT2D eigenvalue weighted by Gasteiger charge is -2.41. The minimum atomic E-state index is -3.36. The second-order valence-electron chi connectivity index (χ2n) is 6.08. The van der Waals surface area contributed by atoms with Crippen LogP contribution in [0, 0.1) is 0 Å². The van der Waals surface area contributed by atoms with E-state index < -0.39 is 9.84 Å². The van der Waals surface area contributed by atoms with Crippen molar-refractivity contribution in [1.29, 1.82) is 0 Å². The Kier molecular flexibility index (Phi) is 4.63. The van der Waals surface area contributed by atoms with Crippen LogP contribution in [-0.4, -0.2) is 45.8 Å². The average Bonchev–Trinajstić information content (AvgIpc) is 2.45. The van der Waals surface area contributed by atoms with Crippen molar-refractivity contribution in [3.63, 3.8) is 0 Å². The van der Waals surface area contributed by atoms with Crippen LogP contribution in [0.3, 0.4) is 0 Å². The number of hydrogen-bond donors (Lipinski definition) is 0. The second kappa shape index (κ2) is 6.01. The van der Waals surface area contributed by atoms with Crippen molar-refractivity contribution in [2.75, 3.05) is 30.9 Å². The lowest BCUT2D eigenvalue weighted by atomic mass is 10.00. The predicted octanol–water partition coefficient (Wildman–Crippen LogP) is 2.30. The van der Waals surface area contributed by atoms with Gasteiger partial charge in [0.15, 0.2) is 15.6 Å². The molecule has 1 atom stereocenters. The molecule has 1 aromatic rings. The number of hydrogen-bond acceptors (Lipinski definition) is 5. The molecule has 0 saturated carbocycles. The van der Waals surface area contributed by atoms with Crippen molar-refractivity contribution in [2.45, 2.75) is 37.7 Å². The summed E-state index contributed by atoms with van der Waals surface area (Å²) in [6.07, 6.45) is 2.03. The normalized spacial score (nSPS) is 22.6. The molecular weight excluding hydrogens is 302 g/mol. The number of carbonyl (C=O) groups is 1. The summed E-state index contributed by atoms with van der Waals surface area (Å²) in [5, 5.41) is 0. The van der Waals surface area contributed by atoms with Crippen LogP contribution in [0.5, 0.6) is 0 Å². The van der Waals surface area contributed by atoms with Gasteiger partial charge in [0.1, 0.15) is 0 Å². The van der Waals surface area contributed by atoms with E-state index in [-0.39, 0.29) is 16.3 Å². The first kappa shape index (κ1) is 17.0. The van der Waals surface area contributed by atoms with Crippen molar-refractivity contribution in [3.8, 4) is 0 Å². The Morgan fingerprint density at radius 1 is 1.41 bits per heavy atom. The summed E-state index contributed by atoms with van der Waals surface area (Å²) in [5.74, 6) is -0.0761. The van der Waals surface area contributed by atoms with Gasteiger partial charge < -0.3 is 9.64 Å². The van der Waals surface area contributed by atoms with Gasteiger partial charge in [-0.3, -0.25) is 4.79 Å². The molecule has 0 N–H and O–H groups in total. The van der Waals surface area contributed by atoms with E-state index in [1.54, 1.807) is 12.1 Å². The number of ketones is 1. The van der Waals surface area contributed by atoms with E-state index in [1.165, 1.54) is 19.2 Å².